The SMILES string of the molecule is CC1CCC(C(F)(F)F)C2OC12. The van der Waals surface area contributed by atoms with Gasteiger partial charge in [-0.3, -0.25) is 0 Å². The summed E-state index contributed by atoms with van der Waals surface area (Å²) in [5, 5.41) is 0. The highest BCUT2D eigenvalue weighted by atomic mass is 19.4. The Morgan fingerprint density at radius 3 is 2.42 bits per heavy atom. The molecule has 0 aromatic rings. The molecule has 70 valence electrons. The fraction of sp³-hybridized carbons (Fsp3) is 1.00. The second-order valence-electron chi connectivity index (χ2n) is 3.77. The van der Waals surface area contributed by atoms with Crippen LogP contribution in [0.25, 0.3) is 0 Å². The van der Waals surface area contributed by atoms with Crippen molar-refractivity contribution in [1.82, 2.24) is 0 Å². The first-order valence-electron chi connectivity index (χ1n) is 4.22. The van der Waals surface area contributed by atoms with Crippen LogP contribution < -0.4 is 0 Å². The van der Waals surface area contributed by atoms with Gasteiger partial charge in [0.1, 0.15) is 0 Å². The molecular weight excluding hydrogens is 169 g/mol. The zero-order valence-electron chi connectivity index (χ0n) is 6.77. The first kappa shape index (κ1) is 8.35. The molecule has 1 nitrogen and oxygen atoms in total. The molecule has 1 heterocycles. The topological polar surface area (TPSA) is 12.5 Å². The molecule has 4 unspecified atom stereocenters. The molecule has 12 heavy (non-hydrogen) atoms. The Hall–Kier alpha value is -0.250. The van der Waals surface area contributed by atoms with Crippen molar-refractivity contribution >= 4 is 0 Å². The predicted molar refractivity (Wildman–Crippen MR) is 36.6 cm³/mol. The standard InChI is InChI=1S/C8H11F3O/c1-4-2-3-5(8(9,10)11)7-6(4)12-7/h4-7H,2-3H2,1H3. The van der Waals surface area contributed by atoms with Crippen LogP contribution in [0.1, 0.15) is 19.8 Å². The third-order valence-corrected chi connectivity index (χ3v) is 2.87. The minimum atomic E-state index is -4.06. The van der Waals surface area contributed by atoms with Crippen LogP contribution >= 0.6 is 0 Å². The summed E-state index contributed by atoms with van der Waals surface area (Å²) in [6.45, 7) is 1.96. The van der Waals surface area contributed by atoms with E-state index in [0.717, 1.165) is 0 Å². The molecule has 0 spiro atoms. The lowest BCUT2D eigenvalue weighted by Crippen LogP contribution is -2.33. The Morgan fingerprint density at radius 1 is 1.17 bits per heavy atom. The van der Waals surface area contributed by atoms with Crippen molar-refractivity contribution in [2.45, 2.75) is 38.1 Å². The molecule has 2 rings (SSSR count). The fourth-order valence-electron chi connectivity index (χ4n) is 2.04. The summed E-state index contributed by atoms with van der Waals surface area (Å²) in [5.41, 5.74) is 0. The average Bonchev–Trinajstić information content (AvgIpc) is 2.64. The molecule has 0 aromatic carbocycles. The number of alkyl halides is 3. The molecule has 4 atom stereocenters. The van der Waals surface area contributed by atoms with Gasteiger partial charge in [0, 0.05) is 0 Å². The molecule has 1 aliphatic carbocycles. The van der Waals surface area contributed by atoms with Gasteiger partial charge in [-0.1, -0.05) is 6.92 Å². The van der Waals surface area contributed by atoms with E-state index in [-0.39, 0.29) is 12.5 Å². The van der Waals surface area contributed by atoms with Crippen molar-refractivity contribution in [3.05, 3.63) is 0 Å². The van der Waals surface area contributed by atoms with Crippen LogP contribution in [0, 0.1) is 11.8 Å². The lowest BCUT2D eigenvalue weighted by Gasteiger charge is -2.23. The molecule has 2 fully saturated rings. The van der Waals surface area contributed by atoms with Crippen molar-refractivity contribution in [3.63, 3.8) is 0 Å². The highest BCUT2D eigenvalue weighted by Gasteiger charge is 2.59. The van der Waals surface area contributed by atoms with Crippen LogP contribution in [0.3, 0.4) is 0 Å². The molecule has 2 aliphatic rings. The van der Waals surface area contributed by atoms with Crippen LogP contribution in [-0.2, 0) is 4.74 Å². The first-order chi connectivity index (χ1) is 5.50. The van der Waals surface area contributed by atoms with E-state index in [2.05, 4.69) is 0 Å². The molecule has 0 aromatic heterocycles. The highest BCUT2D eigenvalue weighted by molar-refractivity contribution is 5.00. The maximum Gasteiger partial charge on any atom is 0.394 e. The summed E-state index contributed by atoms with van der Waals surface area (Å²) >= 11 is 0. The third kappa shape index (κ3) is 1.22. The lowest BCUT2D eigenvalue weighted by atomic mass is 9.83. The second kappa shape index (κ2) is 2.37. The predicted octanol–water partition coefficient (Wildman–Crippen LogP) is 2.36. The van der Waals surface area contributed by atoms with Gasteiger partial charge in [-0.15, -0.1) is 0 Å². The van der Waals surface area contributed by atoms with Crippen molar-refractivity contribution < 1.29 is 17.9 Å². The van der Waals surface area contributed by atoms with Gasteiger partial charge in [0.05, 0.1) is 18.1 Å². The van der Waals surface area contributed by atoms with E-state index in [1.54, 1.807) is 0 Å². The van der Waals surface area contributed by atoms with E-state index in [0.29, 0.717) is 12.3 Å². The van der Waals surface area contributed by atoms with Crippen molar-refractivity contribution in [3.8, 4) is 0 Å². The van der Waals surface area contributed by atoms with Crippen molar-refractivity contribution in [2.75, 3.05) is 0 Å². The van der Waals surface area contributed by atoms with Gasteiger partial charge in [-0.25, -0.2) is 0 Å². The monoisotopic (exact) mass is 180 g/mol. The Kier molecular flexibility index (Phi) is 1.65. The van der Waals surface area contributed by atoms with Gasteiger partial charge in [0.25, 0.3) is 0 Å². The average molecular weight is 180 g/mol. The minimum absolute atomic E-state index is 0.106. The Labute approximate surface area is 68.9 Å². The maximum absolute atomic E-state index is 12.3. The first-order valence-corrected chi connectivity index (χ1v) is 4.22. The van der Waals surface area contributed by atoms with E-state index >= 15 is 0 Å². The second-order valence-corrected chi connectivity index (χ2v) is 3.77. The zero-order chi connectivity index (χ0) is 8.93. The van der Waals surface area contributed by atoms with Gasteiger partial charge in [-0.05, 0) is 18.8 Å². The molecule has 0 amide bonds. The van der Waals surface area contributed by atoms with Gasteiger partial charge in [0.2, 0.25) is 0 Å². The van der Waals surface area contributed by atoms with E-state index in [4.69, 9.17) is 4.74 Å². The number of epoxide rings is 1. The number of hydrogen-bond donors (Lipinski definition) is 0. The number of ether oxygens (including phenoxy) is 1. The maximum atomic E-state index is 12.3. The fourth-order valence-corrected chi connectivity index (χ4v) is 2.04. The van der Waals surface area contributed by atoms with Gasteiger partial charge in [0.15, 0.2) is 0 Å². The number of halogens is 3. The summed E-state index contributed by atoms with van der Waals surface area (Å²) in [5.74, 6) is -0.882. The van der Waals surface area contributed by atoms with Crippen molar-refractivity contribution in [2.24, 2.45) is 11.8 Å². The lowest BCUT2D eigenvalue weighted by molar-refractivity contribution is -0.183. The largest absolute Gasteiger partial charge is 0.394 e. The Bertz CT molecular complexity index is 189. The highest BCUT2D eigenvalue weighted by Crippen LogP contribution is 2.49. The summed E-state index contributed by atoms with van der Waals surface area (Å²) in [6, 6.07) is 0. The van der Waals surface area contributed by atoms with Crippen LogP contribution in [0.4, 0.5) is 13.2 Å². The summed E-state index contributed by atoms with van der Waals surface area (Å²) in [7, 11) is 0. The quantitative estimate of drug-likeness (QED) is 0.521. The molecule has 1 saturated heterocycles. The molecule has 1 aliphatic heterocycles. The normalized spacial score (nSPS) is 47.0. The van der Waals surface area contributed by atoms with Gasteiger partial charge >= 0.3 is 6.18 Å². The Morgan fingerprint density at radius 2 is 1.83 bits per heavy atom. The molecule has 4 heteroatoms. The number of fused-ring (bicyclic) bond motifs is 1. The molecule has 0 bridgehead atoms. The van der Waals surface area contributed by atoms with E-state index in [9.17, 15) is 13.2 Å². The van der Waals surface area contributed by atoms with Gasteiger partial charge < -0.3 is 4.74 Å². The zero-order valence-corrected chi connectivity index (χ0v) is 6.77. The summed E-state index contributed by atoms with van der Waals surface area (Å²) in [6.07, 6.45) is -3.80. The molecule has 1 saturated carbocycles. The van der Waals surface area contributed by atoms with Gasteiger partial charge in [-0.2, -0.15) is 13.2 Å². The number of rotatable bonds is 0. The summed E-state index contributed by atoms with van der Waals surface area (Å²) < 4.78 is 41.8. The molecule has 0 radical (unpaired) electrons. The van der Waals surface area contributed by atoms with Crippen molar-refractivity contribution in [1.29, 1.82) is 0 Å². The van der Waals surface area contributed by atoms with Crippen LogP contribution in [0.2, 0.25) is 0 Å². The molecule has 0 N–H and O–H groups in total. The van der Waals surface area contributed by atoms with E-state index in [1.807, 2.05) is 6.92 Å². The number of hydrogen-bond acceptors (Lipinski definition) is 1. The summed E-state index contributed by atoms with van der Waals surface area (Å²) in [4.78, 5) is 0. The van der Waals surface area contributed by atoms with Crippen LogP contribution in [0.15, 0.2) is 0 Å². The van der Waals surface area contributed by atoms with Crippen LogP contribution in [0.5, 0.6) is 0 Å². The Balaban J connectivity index is 2.03. The third-order valence-electron chi connectivity index (χ3n) is 2.87. The minimum Gasteiger partial charge on any atom is -0.369 e. The van der Waals surface area contributed by atoms with E-state index in [1.165, 1.54) is 0 Å². The van der Waals surface area contributed by atoms with E-state index < -0.39 is 18.2 Å². The smallest absolute Gasteiger partial charge is 0.369 e. The van der Waals surface area contributed by atoms with Crippen LogP contribution in [-0.4, -0.2) is 18.4 Å². The molecular formula is C8H11F3O.